The molecule has 0 unspecified atom stereocenters. The topological polar surface area (TPSA) is 87.3 Å². The number of methoxy groups -OCH3 is 1. The number of aromatic amines is 1. The molecule has 7 nitrogen and oxygen atoms in total. The van der Waals surface area contributed by atoms with Gasteiger partial charge >= 0.3 is 12.0 Å². The molecule has 1 aromatic heterocycles. The van der Waals surface area contributed by atoms with Crippen molar-refractivity contribution in [2.75, 3.05) is 19.0 Å². The van der Waals surface area contributed by atoms with Crippen LogP contribution in [0.5, 0.6) is 0 Å². The first-order chi connectivity index (χ1) is 14.9. The van der Waals surface area contributed by atoms with Gasteiger partial charge in [0, 0.05) is 29.2 Å². The van der Waals surface area contributed by atoms with Crippen molar-refractivity contribution in [3.05, 3.63) is 81.9 Å². The Morgan fingerprint density at radius 2 is 2.06 bits per heavy atom. The first-order valence-corrected chi connectivity index (χ1v) is 9.69. The van der Waals surface area contributed by atoms with E-state index in [1.807, 2.05) is 0 Å². The van der Waals surface area contributed by atoms with Crippen LogP contribution < -0.4 is 5.32 Å². The Morgan fingerprint density at radius 3 is 2.81 bits per heavy atom. The Hall–Kier alpha value is -3.46. The second-order valence-corrected chi connectivity index (χ2v) is 7.33. The van der Waals surface area contributed by atoms with Gasteiger partial charge < -0.3 is 19.9 Å². The van der Waals surface area contributed by atoms with Gasteiger partial charge in [0.1, 0.15) is 17.7 Å². The molecule has 0 saturated carbocycles. The van der Waals surface area contributed by atoms with Crippen molar-refractivity contribution in [1.29, 1.82) is 0 Å². The third kappa shape index (κ3) is 3.96. The first-order valence-electron chi connectivity index (χ1n) is 9.31. The number of ether oxygens (including phenoxy) is 1. The van der Waals surface area contributed by atoms with Gasteiger partial charge in [0.2, 0.25) is 0 Å². The highest BCUT2D eigenvalue weighted by atomic mass is 35.5. The molecular weight excluding hydrogens is 430 g/mol. The van der Waals surface area contributed by atoms with Crippen molar-refractivity contribution in [3.63, 3.8) is 0 Å². The van der Waals surface area contributed by atoms with E-state index in [2.05, 4.69) is 20.0 Å². The van der Waals surface area contributed by atoms with E-state index in [-0.39, 0.29) is 28.4 Å². The first kappa shape index (κ1) is 20.8. The van der Waals surface area contributed by atoms with Crippen molar-refractivity contribution >= 4 is 29.3 Å². The number of carbonyl (C=O) groups is 2. The van der Waals surface area contributed by atoms with Gasteiger partial charge in [-0.1, -0.05) is 17.7 Å². The molecule has 1 aliphatic rings. The molecule has 0 fully saturated rings. The molecule has 3 aromatic rings. The molecule has 0 radical (unpaired) electrons. The highest BCUT2D eigenvalue weighted by molar-refractivity contribution is 6.30. The van der Waals surface area contributed by atoms with Crippen LogP contribution in [0, 0.1) is 11.6 Å². The van der Waals surface area contributed by atoms with Gasteiger partial charge in [-0.15, -0.1) is 0 Å². The number of benzene rings is 2. The van der Waals surface area contributed by atoms with E-state index in [9.17, 15) is 18.4 Å². The summed E-state index contributed by atoms with van der Waals surface area (Å²) >= 11 is 5.89. The fourth-order valence-corrected chi connectivity index (χ4v) is 3.78. The minimum absolute atomic E-state index is 0.0707. The molecule has 2 heterocycles. The average Bonchev–Trinajstić information content (AvgIpc) is 3.23. The summed E-state index contributed by atoms with van der Waals surface area (Å²) in [6, 6.07) is 6.13. The minimum Gasteiger partial charge on any atom is -0.465 e. The number of imidazole rings is 1. The predicted octanol–water partition coefficient (Wildman–Crippen LogP) is 4.31. The van der Waals surface area contributed by atoms with Crippen LogP contribution >= 0.6 is 11.6 Å². The maximum Gasteiger partial charge on any atom is 0.340 e. The number of anilines is 1. The summed E-state index contributed by atoms with van der Waals surface area (Å²) in [4.78, 5) is 33.9. The lowest BCUT2D eigenvalue weighted by Crippen LogP contribution is -2.43. The van der Waals surface area contributed by atoms with Crippen LogP contribution in [0.1, 0.15) is 33.4 Å². The summed E-state index contributed by atoms with van der Waals surface area (Å²) in [6.07, 6.45) is 1.96. The number of rotatable bonds is 3. The Kier molecular flexibility index (Phi) is 5.60. The van der Waals surface area contributed by atoms with Gasteiger partial charge in [-0.2, -0.15) is 0 Å². The zero-order valence-electron chi connectivity index (χ0n) is 16.3. The van der Waals surface area contributed by atoms with Crippen molar-refractivity contribution in [2.24, 2.45) is 0 Å². The highest BCUT2D eigenvalue weighted by Gasteiger charge is 2.36. The summed E-state index contributed by atoms with van der Waals surface area (Å²) in [6.45, 7) is 0.252. The Bertz CT molecular complexity index is 1170. The van der Waals surface area contributed by atoms with Crippen LogP contribution in [0.3, 0.4) is 0 Å². The molecule has 2 N–H and O–H groups in total. The quantitative estimate of drug-likeness (QED) is 0.587. The van der Waals surface area contributed by atoms with Crippen LogP contribution in [0.4, 0.5) is 19.3 Å². The lowest BCUT2D eigenvalue weighted by atomic mass is 9.95. The van der Waals surface area contributed by atoms with E-state index in [4.69, 9.17) is 11.6 Å². The number of halogens is 3. The van der Waals surface area contributed by atoms with Crippen molar-refractivity contribution < 1.29 is 23.1 Å². The van der Waals surface area contributed by atoms with Crippen molar-refractivity contribution in [3.8, 4) is 0 Å². The number of nitrogens with zero attached hydrogens (tertiary/aromatic N) is 2. The van der Waals surface area contributed by atoms with Gasteiger partial charge in [-0.05, 0) is 30.3 Å². The molecule has 31 heavy (non-hydrogen) atoms. The summed E-state index contributed by atoms with van der Waals surface area (Å²) < 4.78 is 33.1. The molecule has 2 aromatic carbocycles. The van der Waals surface area contributed by atoms with Crippen LogP contribution in [-0.2, 0) is 11.2 Å². The van der Waals surface area contributed by atoms with E-state index < -0.39 is 29.7 Å². The van der Waals surface area contributed by atoms with Crippen molar-refractivity contribution in [1.82, 2.24) is 14.9 Å². The molecule has 0 bridgehead atoms. The third-order valence-corrected chi connectivity index (χ3v) is 5.31. The molecule has 0 saturated heterocycles. The van der Waals surface area contributed by atoms with Crippen LogP contribution in [0.2, 0.25) is 5.02 Å². The lowest BCUT2D eigenvalue weighted by Gasteiger charge is -2.35. The number of esters is 1. The average molecular weight is 447 g/mol. The Balaban J connectivity index is 1.71. The van der Waals surface area contributed by atoms with E-state index in [0.717, 1.165) is 24.9 Å². The fraction of sp³-hybridized carbons (Fsp3) is 0.190. The maximum absolute atomic E-state index is 14.8. The lowest BCUT2D eigenvalue weighted by molar-refractivity contribution is 0.0601. The zero-order chi connectivity index (χ0) is 22.1. The largest absolute Gasteiger partial charge is 0.465 e. The van der Waals surface area contributed by atoms with Gasteiger partial charge in [-0.25, -0.2) is 23.4 Å². The molecule has 1 atom stereocenters. The zero-order valence-corrected chi connectivity index (χ0v) is 17.0. The minimum atomic E-state index is -0.825. The highest BCUT2D eigenvalue weighted by Crippen LogP contribution is 2.36. The number of amides is 2. The molecule has 2 amide bonds. The third-order valence-electron chi connectivity index (χ3n) is 5.07. The number of fused-ring (bicyclic) bond motifs is 1. The summed E-state index contributed by atoms with van der Waals surface area (Å²) in [5.74, 6) is -2.04. The molecule has 0 aliphatic carbocycles. The number of carbonyl (C=O) groups excluding carboxylic acids is 2. The fourth-order valence-electron chi connectivity index (χ4n) is 3.62. The van der Waals surface area contributed by atoms with Crippen molar-refractivity contribution in [2.45, 2.75) is 12.5 Å². The SMILES string of the molecule is COC(=O)c1cc(F)ccc1NC(=O)N1CCc2[nH]cnc2[C@H]1c1ccc(Cl)cc1F. The number of hydrogen-bond acceptors (Lipinski definition) is 4. The molecule has 0 spiro atoms. The van der Waals surface area contributed by atoms with E-state index in [1.165, 1.54) is 35.5 Å². The molecule has 4 rings (SSSR count). The van der Waals surface area contributed by atoms with Gasteiger partial charge in [-0.3, -0.25) is 0 Å². The summed E-state index contributed by atoms with van der Waals surface area (Å²) in [7, 11) is 1.15. The smallest absolute Gasteiger partial charge is 0.340 e. The monoisotopic (exact) mass is 446 g/mol. The van der Waals surface area contributed by atoms with Crippen LogP contribution in [0.25, 0.3) is 0 Å². The summed E-state index contributed by atoms with van der Waals surface area (Å²) in [5, 5.41) is 2.84. The normalized spacial score (nSPS) is 15.4. The summed E-state index contributed by atoms with van der Waals surface area (Å²) in [5.41, 5.74) is 1.46. The second kappa shape index (κ2) is 8.35. The molecule has 10 heteroatoms. The Morgan fingerprint density at radius 1 is 1.26 bits per heavy atom. The second-order valence-electron chi connectivity index (χ2n) is 6.89. The number of H-pyrrole nitrogens is 1. The van der Waals surface area contributed by atoms with E-state index >= 15 is 0 Å². The van der Waals surface area contributed by atoms with Gasteiger partial charge in [0.05, 0.1) is 30.4 Å². The van der Waals surface area contributed by atoms with Gasteiger partial charge in [0.25, 0.3) is 0 Å². The number of nitrogens with one attached hydrogen (secondary N) is 2. The molecular formula is C21H17ClF2N4O3. The number of aromatic nitrogens is 2. The van der Waals surface area contributed by atoms with Crippen LogP contribution in [-0.4, -0.2) is 40.5 Å². The number of urea groups is 1. The maximum atomic E-state index is 14.8. The standard InChI is InChI=1S/C21H17ClF2N4O3/c1-31-20(29)14-9-12(23)3-5-16(14)27-21(30)28-7-6-17-18(26-10-25-17)19(28)13-4-2-11(22)8-15(13)24/h2-5,8-10,19H,6-7H2,1H3,(H,25,26)(H,27,30)/t19-/m1/s1. The predicted molar refractivity (Wildman–Crippen MR) is 109 cm³/mol. The van der Waals surface area contributed by atoms with E-state index in [0.29, 0.717) is 12.1 Å². The molecule has 160 valence electrons. The van der Waals surface area contributed by atoms with Crippen LogP contribution in [0.15, 0.2) is 42.7 Å². The van der Waals surface area contributed by atoms with Gasteiger partial charge in [0.15, 0.2) is 0 Å². The number of hydrogen-bond donors (Lipinski definition) is 2. The molecule has 1 aliphatic heterocycles. The van der Waals surface area contributed by atoms with E-state index in [1.54, 1.807) is 0 Å². The Labute approximate surface area is 181 Å².